The molecule has 1 aromatic rings. The van der Waals surface area contributed by atoms with Crippen molar-refractivity contribution in [1.29, 1.82) is 0 Å². The van der Waals surface area contributed by atoms with Crippen molar-refractivity contribution in [2.45, 2.75) is 45.6 Å². The van der Waals surface area contributed by atoms with Crippen molar-refractivity contribution >= 4 is 11.9 Å². The number of nitrogens with one attached hydrogen (secondary N) is 1. The van der Waals surface area contributed by atoms with Gasteiger partial charge in [0.15, 0.2) is 0 Å². The van der Waals surface area contributed by atoms with E-state index in [9.17, 15) is 9.59 Å². The number of aryl methyl sites for hydroxylation is 1. The Morgan fingerprint density at radius 1 is 1.33 bits per heavy atom. The molecule has 0 heterocycles. The number of carboxylic acids is 1. The quantitative estimate of drug-likeness (QED) is 0.722. The summed E-state index contributed by atoms with van der Waals surface area (Å²) >= 11 is 0. The van der Waals surface area contributed by atoms with E-state index in [1.54, 1.807) is 13.8 Å². The molecule has 0 unspecified atom stereocenters. The molecule has 0 fully saturated rings. The van der Waals surface area contributed by atoms with Crippen molar-refractivity contribution in [3.05, 3.63) is 29.8 Å². The summed E-state index contributed by atoms with van der Waals surface area (Å²) in [5.41, 5.74) is 0.390. The zero-order valence-corrected chi connectivity index (χ0v) is 12.8. The highest BCUT2D eigenvalue weighted by molar-refractivity contribution is 5.78. The van der Waals surface area contributed by atoms with E-state index < -0.39 is 11.5 Å². The lowest BCUT2D eigenvalue weighted by atomic mass is 10.0. The van der Waals surface area contributed by atoms with Gasteiger partial charge in [0, 0.05) is 12.0 Å². The molecule has 0 aliphatic carbocycles. The van der Waals surface area contributed by atoms with E-state index in [0.29, 0.717) is 19.4 Å². The summed E-state index contributed by atoms with van der Waals surface area (Å²) in [7, 11) is 0. The summed E-state index contributed by atoms with van der Waals surface area (Å²) in [5.74, 6) is -0.293. The third-order valence-electron chi connectivity index (χ3n) is 2.88. The fraction of sp³-hybridized carbons (Fsp3) is 0.500. The summed E-state index contributed by atoms with van der Waals surface area (Å²) in [6.45, 7) is 5.84. The molecule has 2 N–H and O–H groups in total. The molecule has 0 aliphatic rings. The summed E-state index contributed by atoms with van der Waals surface area (Å²) in [4.78, 5) is 22.4. The minimum atomic E-state index is -0.928. The Morgan fingerprint density at radius 3 is 2.67 bits per heavy atom. The molecule has 0 aliphatic heterocycles. The number of carboxylic acid groups (broad SMARTS) is 1. The number of carbonyl (C=O) groups is 2. The van der Waals surface area contributed by atoms with Crippen LogP contribution in [0.3, 0.4) is 0 Å². The Hall–Kier alpha value is -2.04. The first-order valence-electron chi connectivity index (χ1n) is 7.01. The molecule has 116 valence electrons. The van der Waals surface area contributed by atoms with E-state index in [0.717, 1.165) is 11.3 Å². The van der Waals surface area contributed by atoms with Gasteiger partial charge in [-0.05, 0) is 44.9 Å². The monoisotopic (exact) mass is 293 g/mol. The number of benzene rings is 1. The van der Waals surface area contributed by atoms with Gasteiger partial charge in [-0.25, -0.2) is 0 Å². The molecule has 1 aromatic carbocycles. The van der Waals surface area contributed by atoms with Gasteiger partial charge < -0.3 is 15.2 Å². The van der Waals surface area contributed by atoms with Crippen LogP contribution in [-0.2, 0) is 9.59 Å². The molecule has 0 bridgehead atoms. The molecule has 1 amide bonds. The van der Waals surface area contributed by atoms with Gasteiger partial charge in [0.25, 0.3) is 0 Å². The molecule has 5 nitrogen and oxygen atoms in total. The highest BCUT2D eigenvalue weighted by Crippen LogP contribution is 2.13. The smallest absolute Gasteiger partial charge is 0.305 e. The van der Waals surface area contributed by atoms with E-state index in [1.165, 1.54) is 0 Å². The SMILES string of the molecule is Cc1cccc(OCCCC(=O)NC(C)(C)CC(=O)O)c1. The van der Waals surface area contributed by atoms with Crippen LogP contribution in [0.15, 0.2) is 24.3 Å². The normalized spacial score (nSPS) is 11.0. The maximum Gasteiger partial charge on any atom is 0.305 e. The van der Waals surface area contributed by atoms with E-state index in [1.807, 2.05) is 31.2 Å². The summed E-state index contributed by atoms with van der Waals surface area (Å²) in [6, 6.07) is 7.73. The predicted molar refractivity (Wildman–Crippen MR) is 80.4 cm³/mol. The van der Waals surface area contributed by atoms with Gasteiger partial charge in [0.05, 0.1) is 13.0 Å². The number of carbonyl (C=O) groups excluding carboxylic acids is 1. The van der Waals surface area contributed by atoms with E-state index >= 15 is 0 Å². The average Bonchev–Trinajstić information content (AvgIpc) is 2.32. The Morgan fingerprint density at radius 2 is 2.05 bits per heavy atom. The minimum Gasteiger partial charge on any atom is -0.494 e. The predicted octanol–water partition coefficient (Wildman–Crippen LogP) is 2.52. The van der Waals surface area contributed by atoms with Gasteiger partial charge in [0.2, 0.25) is 5.91 Å². The Labute approximate surface area is 125 Å². The third kappa shape index (κ3) is 7.34. The minimum absolute atomic E-state index is 0.0987. The molecule has 0 saturated carbocycles. The van der Waals surface area contributed by atoms with Crippen molar-refractivity contribution in [3.8, 4) is 5.75 Å². The average molecular weight is 293 g/mol. The van der Waals surface area contributed by atoms with E-state index in [4.69, 9.17) is 9.84 Å². The molecule has 0 radical (unpaired) electrons. The Kier molecular flexibility index (Phi) is 6.21. The van der Waals surface area contributed by atoms with Crippen LogP contribution in [0, 0.1) is 6.92 Å². The summed E-state index contributed by atoms with van der Waals surface area (Å²) in [5, 5.41) is 11.5. The van der Waals surface area contributed by atoms with Crippen LogP contribution in [0.25, 0.3) is 0 Å². The topological polar surface area (TPSA) is 75.6 Å². The lowest BCUT2D eigenvalue weighted by Crippen LogP contribution is -2.44. The van der Waals surface area contributed by atoms with Crippen LogP contribution in [0.5, 0.6) is 5.75 Å². The van der Waals surface area contributed by atoms with Crippen LogP contribution in [0.4, 0.5) is 0 Å². The number of amides is 1. The maximum absolute atomic E-state index is 11.7. The van der Waals surface area contributed by atoms with Crippen molar-refractivity contribution in [2.24, 2.45) is 0 Å². The summed E-state index contributed by atoms with van der Waals surface area (Å²) in [6.07, 6.45) is 0.802. The number of hydrogen-bond acceptors (Lipinski definition) is 3. The molecule has 0 saturated heterocycles. The number of hydrogen-bond donors (Lipinski definition) is 2. The highest BCUT2D eigenvalue weighted by Gasteiger charge is 2.23. The first-order chi connectivity index (χ1) is 9.78. The molecule has 0 aromatic heterocycles. The molecule has 21 heavy (non-hydrogen) atoms. The van der Waals surface area contributed by atoms with Crippen molar-refractivity contribution < 1.29 is 19.4 Å². The largest absolute Gasteiger partial charge is 0.494 e. The van der Waals surface area contributed by atoms with Gasteiger partial charge in [-0.15, -0.1) is 0 Å². The first-order valence-corrected chi connectivity index (χ1v) is 7.01. The van der Waals surface area contributed by atoms with Crippen LogP contribution in [0.1, 0.15) is 38.7 Å². The van der Waals surface area contributed by atoms with Crippen LogP contribution < -0.4 is 10.1 Å². The second-order valence-corrected chi connectivity index (χ2v) is 5.77. The standard InChI is InChI=1S/C16H23NO4/c1-12-6-4-7-13(10-12)21-9-5-8-14(18)17-16(2,3)11-15(19)20/h4,6-7,10H,5,8-9,11H2,1-3H3,(H,17,18)(H,19,20). The first kappa shape index (κ1) is 17.0. The fourth-order valence-corrected chi connectivity index (χ4v) is 1.99. The molecular formula is C16H23NO4. The molecule has 0 atom stereocenters. The summed E-state index contributed by atoms with van der Waals surface area (Å²) < 4.78 is 5.56. The van der Waals surface area contributed by atoms with Gasteiger partial charge in [0.1, 0.15) is 5.75 Å². The second-order valence-electron chi connectivity index (χ2n) is 5.77. The van der Waals surface area contributed by atoms with E-state index in [-0.39, 0.29) is 12.3 Å². The van der Waals surface area contributed by atoms with Crippen molar-refractivity contribution in [1.82, 2.24) is 5.32 Å². The van der Waals surface area contributed by atoms with Gasteiger partial charge >= 0.3 is 5.97 Å². The van der Waals surface area contributed by atoms with E-state index in [2.05, 4.69) is 5.32 Å². The highest BCUT2D eigenvalue weighted by atomic mass is 16.5. The zero-order valence-electron chi connectivity index (χ0n) is 12.8. The lowest BCUT2D eigenvalue weighted by molar-refractivity contribution is -0.138. The maximum atomic E-state index is 11.7. The number of rotatable bonds is 8. The van der Waals surface area contributed by atoms with Gasteiger partial charge in [-0.2, -0.15) is 0 Å². The van der Waals surface area contributed by atoms with Gasteiger partial charge in [-0.1, -0.05) is 12.1 Å². The van der Waals surface area contributed by atoms with Crippen LogP contribution in [0.2, 0.25) is 0 Å². The van der Waals surface area contributed by atoms with Crippen molar-refractivity contribution in [2.75, 3.05) is 6.61 Å². The number of ether oxygens (including phenoxy) is 1. The second kappa shape index (κ2) is 7.67. The van der Waals surface area contributed by atoms with Gasteiger partial charge in [-0.3, -0.25) is 9.59 Å². The zero-order chi connectivity index (χ0) is 15.9. The molecule has 0 spiro atoms. The molecule has 5 heteroatoms. The number of aliphatic carboxylic acids is 1. The Bertz CT molecular complexity index is 497. The van der Waals surface area contributed by atoms with Crippen LogP contribution in [-0.4, -0.2) is 29.1 Å². The molecular weight excluding hydrogens is 270 g/mol. The Balaban J connectivity index is 2.26. The lowest BCUT2D eigenvalue weighted by Gasteiger charge is -2.24. The third-order valence-corrected chi connectivity index (χ3v) is 2.88. The van der Waals surface area contributed by atoms with Crippen molar-refractivity contribution in [3.63, 3.8) is 0 Å². The fourth-order valence-electron chi connectivity index (χ4n) is 1.99. The van der Waals surface area contributed by atoms with Crippen LogP contribution >= 0.6 is 0 Å². The molecule has 1 rings (SSSR count).